The summed E-state index contributed by atoms with van der Waals surface area (Å²) in [6.45, 7) is 0.602. The first-order valence-electron chi connectivity index (χ1n) is 8.59. The van der Waals surface area contributed by atoms with Gasteiger partial charge in [-0.15, -0.1) is 0 Å². The lowest BCUT2D eigenvalue weighted by molar-refractivity contribution is 0.619. The van der Waals surface area contributed by atoms with E-state index >= 15 is 0 Å². The molecule has 0 aliphatic rings. The second kappa shape index (κ2) is 7.19. The van der Waals surface area contributed by atoms with E-state index in [0.717, 1.165) is 16.8 Å². The largest absolute Gasteiger partial charge is 0.456 e. The van der Waals surface area contributed by atoms with Crippen molar-refractivity contribution in [3.05, 3.63) is 100 Å². The normalized spacial score (nSPS) is 10.5. The van der Waals surface area contributed by atoms with Crippen molar-refractivity contribution in [2.24, 2.45) is 0 Å². The molecule has 4 rings (SSSR count). The molecular formula is C23H16N2O2. The third-order valence-corrected chi connectivity index (χ3v) is 4.37. The number of nitrogens with one attached hydrogen (secondary N) is 1. The molecule has 0 saturated carbocycles. The summed E-state index contributed by atoms with van der Waals surface area (Å²) in [5.74, 6) is 0.561. The van der Waals surface area contributed by atoms with Crippen LogP contribution >= 0.6 is 0 Å². The van der Waals surface area contributed by atoms with E-state index in [0.29, 0.717) is 28.8 Å². The molecule has 0 fully saturated rings. The zero-order valence-corrected chi connectivity index (χ0v) is 14.5. The summed E-state index contributed by atoms with van der Waals surface area (Å²) in [5.41, 5.74) is 3.89. The highest BCUT2D eigenvalue weighted by Crippen LogP contribution is 2.24. The Kier molecular flexibility index (Phi) is 4.42. The molecule has 0 atom stereocenters. The van der Waals surface area contributed by atoms with Crippen molar-refractivity contribution >= 4 is 16.7 Å². The van der Waals surface area contributed by atoms with Gasteiger partial charge in [0.15, 0.2) is 5.43 Å². The van der Waals surface area contributed by atoms with Crippen molar-refractivity contribution < 1.29 is 4.42 Å². The first-order chi connectivity index (χ1) is 13.2. The van der Waals surface area contributed by atoms with Crippen molar-refractivity contribution in [3.63, 3.8) is 0 Å². The third-order valence-electron chi connectivity index (χ3n) is 4.37. The van der Waals surface area contributed by atoms with E-state index in [1.807, 2.05) is 54.6 Å². The highest BCUT2D eigenvalue weighted by Gasteiger charge is 2.07. The molecular weight excluding hydrogens is 336 g/mol. The third kappa shape index (κ3) is 3.58. The van der Waals surface area contributed by atoms with Crippen LogP contribution in [0, 0.1) is 11.3 Å². The number of nitrogens with zero attached hydrogens (tertiary/aromatic N) is 1. The van der Waals surface area contributed by atoms with Crippen molar-refractivity contribution in [1.82, 2.24) is 0 Å². The fourth-order valence-corrected chi connectivity index (χ4v) is 2.91. The van der Waals surface area contributed by atoms with Crippen LogP contribution in [0.25, 0.3) is 22.3 Å². The van der Waals surface area contributed by atoms with Gasteiger partial charge in [0.25, 0.3) is 0 Å². The van der Waals surface area contributed by atoms with Gasteiger partial charge in [0.1, 0.15) is 11.3 Å². The first-order valence-corrected chi connectivity index (χ1v) is 8.59. The van der Waals surface area contributed by atoms with Crippen LogP contribution in [0.15, 0.2) is 88.1 Å². The van der Waals surface area contributed by atoms with Gasteiger partial charge in [-0.3, -0.25) is 4.79 Å². The van der Waals surface area contributed by atoms with Gasteiger partial charge in [-0.25, -0.2) is 0 Å². The Labute approximate surface area is 156 Å². The SMILES string of the molecule is N#Cc1ccc(CNc2ccc3oc(-c4ccccc4)cc(=O)c3c2)cc1. The Morgan fingerprint density at radius 3 is 2.44 bits per heavy atom. The quantitative estimate of drug-likeness (QED) is 0.565. The molecule has 130 valence electrons. The maximum absolute atomic E-state index is 12.6. The zero-order chi connectivity index (χ0) is 18.6. The molecule has 3 aromatic carbocycles. The molecule has 1 N–H and O–H groups in total. The fourth-order valence-electron chi connectivity index (χ4n) is 2.91. The summed E-state index contributed by atoms with van der Waals surface area (Å²) in [7, 11) is 0. The van der Waals surface area contributed by atoms with E-state index in [1.165, 1.54) is 6.07 Å². The van der Waals surface area contributed by atoms with Crippen LogP contribution in [0.4, 0.5) is 5.69 Å². The molecule has 1 aromatic heterocycles. The van der Waals surface area contributed by atoms with Crippen LogP contribution in [0.2, 0.25) is 0 Å². The number of benzene rings is 3. The molecule has 0 radical (unpaired) electrons. The smallest absolute Gasteiger partial charge is 0.193 e. The lowest BCUT2D eigenvalue weighted by Gasteiger charge is -2.08. The monoisotopic (exact) mass is 352 g/mol. The van der Waals surface area contributed by atoms with E-state index in [2.05, 4.69) is 11.4 Å². The number of hydrogen-bond donors (Lipinski definition) is 1. The summed E-state index contributed by atoms with van der Waals surface area (Å²) < 4.78 is 5.91. The van der Waals surface area contributed by atoms with Crippen LogP contribution in [-0.2, 0) is 6.54 Å². The lowest BCUT2D eigenvalue weighted by atomic mass is 10.1. The molecule has 0 aliphatic carbocycles. The van der Waals surface area contributed by atoms with Gasteiger partial charge in [0, 0.05) is 23.9 Å². The summed E-state index contributed by atoms with van der Waals surface area (Å²) in [5, 5.41) is 12.7. The van der Waals surface area contributed by atoms with Crippen molar-refractivity contribution in [3.8, 4) is 17.4 Å². The molecule has 4 nitrogen and oxygen atoms in total. The molecule has 0 amide bonds. The summed E-state index contributed by atoms with van der Waals surface area (Å²) >= 11 is 0. The van der Waals surface area contributed by atoms with Crippen LogP contribution in [0.5, 0.6) is 0 Å². The molecule has 0 saturated heterocycles. The highest BCUT2D eigenvalue weighted by molar-refractivity contribution is 5.82. The molecule has 4 aromatic rings. The van der Waals surface area contributed by atoms with Gasteiger partial charge in [-0.1, -0.05) is 42.5 Å². The maximum Gasteiger partial charge on any atom is 0.193 e. The van der Waals surface area contributed by atoms with Crippen molar-refractivity contribution in [2.45, 2.75) is 6.54 Å². The predicted octanol–water partition coefficient (Wildman–Crippen LogP) is 4.94. The average Bonchev–Trinajstić information content (AvgIpc) is 2.73. The number of fused-ring (bicyclic) bond motifs is 1. The summed E-state index contributed by atoms with van der Waals surface area (Å²) in [6, 6.07) is 26.1. The summed E-state index contributed by atoms with van der Waals surface area (Å²) in [4.78, 5) is 12.6. The Balaban J connectivity index is 1.59. The van der Waals surface area contributed by atoms with Crippen LogP contribution in [0.1, 0.15) is 11.1 Å². The highest BCUT2D eigenvalue weighted by atomic mass is 16.3. The molecule has 0 spiro atoms. The van der Waals surface area contributed by atoms with Crippen molar-refractivity contribution in [1.29, 1.82) is 5.26 Å². The van der Waals surface area contributed by atoms with Gasteiger partial charge in [-0.05, 0) is 35.9 Å². The van der Waals surface area contributed by atoms with E-state index in [-0.39, 0.29) is 5.43 Å². The maximum atomic E-state index is 12.6. The lowest BCUT2D eigenvalue weighted by Crippen LogP contribution is -2.03. The van der Waals surface area contributed by atoms with Crippen molar-refractivity contribution in [2.75, 3.05) is 5.32 Å². The van der Waals surface area contributed by atoms with Gasteiger partial charge < -0.3 is 9.73 Å². The number of rotatable bonds is 4. The first kappa shape index (κ1) is 16.6. The standard InChI is InChI=1S/C23H16N2O2/c24-14-16-6-8-17(9-7-16)15-25-19-10-11-22-20(12-19)21(26)13-23(27-22)18-4-2-1-3-5-18/h1-13,25H,15H2. The van der Waals surface area contributed by atoms with Crippen LogP contribution in [0.3, 0.4) is 0 Å². The van der Waals surface area contributed by atoms with Crippen LogP contribution in [-0.4, -0.2) is 0 Å². The minimum Gasteiger partial charge on any atom is -0.456 e. The van der Waals surface area contributed by atoms with E-state index in [4.69, 9.17) is 9.68 Å². The number of anilines is 1. The fraction of sp³-hybridized carbons (Fsp3) is 0.0435. The number of hydrogen-bond acceptors (Lipinski definition) is 4. The van der Waals surface area contributed by atoms with Gasteiger partial charge in [-0.2, -0.15) is 5.26 Å². The predicted molar refractivity (Wildman–Crippen MR) is 106 cm³/mol. The minimum absolute atomic E-state index is 0.0721. The zero-order valence-electron chi connectivity index (χ0n) is 14.5. The van der Waals surface area contributed by atoms with Gasteiger partial charge in [0.2, 0.25) is 0 Å². The molecule has 1 heterocycles. The second-order valence-corrected chi connectivity index (χ2v) is 6.21. The minimum atomic E-state index is -0.0721. The Hall–Kier alpha value is -3.84. The van der Waals surface area contributed by atoms with Gasteiger partial charge >= 0.3 is 0 Å². The molecule has 27 heavy (non-hydrogen) atoms. The molecule has 4 heteroatoms. The van der Waals surface area contributed by atoms with Gasteiger partial charge in [0.05, 0.1) is 17.0 Å². The Bertz CT molecular complexity index is 1190. The van der Waals surface area contributed by atoms with E-state index < -0.39 is 0 Å². The summed E-state index contributed by atoms with van der Waals surface area (Å²) in [6.07, 6.45) is 0. The Morgan fingerprint density at radius 1 is 0.926 bits per heavy atom. The molecule has 0 bridgehead atoms. The second-order valence-electron chi connectivity index (χ2n) is 6.21. The molecule has 0 aliphatic heterocycles. The Morgan fingerprint density at radius 2 is 1.70 bits per heavy atom. The number of nitriles is 1. The average molecular weight is 352 g/mol. The van der Waals surface area contributed by atoms with E-state index in [9.17, 15) is 4.79 Å². The van der Waals surface area contributed by atoms with Crippen LogP contribution < -0.4 is 10.7 Å². The van der Waals surface area contributed by atoms with E-state index in [1.54, 1.807) is 18.2 Å². The topological polar surface area (TPSA) is 66.0 Å². The molecule has 0 unspecified atom stereocenters.